The Balaban J connectivity index is 1.74. The van der Waals surface area contributed by atoms with Crippen molar-refractivity contribution in [2.45, 2.75) is 12.5 Å². The van der Waals surface area contributed by atoms with Crippen molar-refractivity contribution in [1.29, 1.82) is 5.26 Å². The van der Waals surface area contributed by atoms with Gasteiger partial charge in [-0.2, -0.15) is 5.26 Å². The van der Waals surface area contributed by atoms with Gasteiger partial charge in [-0.15, -0.1) is 0 Å². The number of phenols is 1. The summed E-state index contributed by atoms with van der Waals surface area (Å²) in [4.78, 5) is 0. The smallest absolute Gasteiger partial charge is 0.205 e. The van der Waals surface area contributed by atoms with Gasteiger partial charge in [0.2, 0.25) is 5.88 Å². The van der Waals surface area contributed by atoms with Gasteiger partial charge in [-0.25, -0.2) is 0 Å². The van der Waals surface area contributed by atoms with Gasteiger partial charge >= 0.3 is 0 Å². The number of benzene rings is 3. The number of ether oxygens (including phenoxy) is 2. The van der Waals surface area contributed by atoms with Gasteiger partial charge in [0.25, 0.3) is 0 Å². The lowest BCUT2D eigenvalue weighted by atomic mass is 9.83. The Kier molecular flexibility index (Phi) is 5.15. The summed E-state index contributed by atoms with van der Waals surface area (Å²) in [5.41, 5.74) is 8.90. The van der Waals surface area contributed by atoms with Crippen molar-refractivity contribution in [3.8, 4) is 23.3 Å². The highest BCUT2D eigenvalue weighted by Gasteiger charge is 2.32. The molecule has 0 saturated carbocycles. The van der Waals surface area contributed by atoms with Crippen LogP contribution in [-0.4, -0.2) is 5.11 Å². The van der Waals surface area contributed by atoms with Gasteiger partial charge in [-0.3, -0.25) is 0 Å². The van der Waals surface area contributed by atoms with Crippen LogP contribution in [0.1, 0.15) is 22.6 Å². The number of rotatable bonds is 4. The number of phenolic OH excluding ortho intramolecular Hbond substituents is 1. The van der Waals surface area contributed by atoms with E-state index in [0.29, 0.717) is 23.7 Å². The number of allylic oxidation sites excluding steroid dienone is 1. The Bertz CT molecular complexity index is 1130. The topological polar surface area (TPSA) is 88.5 Å². The monoisotopic (exact) mass is 448 g/mol. The second kappa shape index (κ2) is 7.90. The molecule has 3 aromatic rings. The van der Waals surface area contributed by atoms with Crippen LogP contribution in [-0.2, 0) is 6.61 Å². The zero-order valence-corrected chi connectivity index (χ0v) is 16.9. The third-order valence-corrected chi connectivity index (χ3v) is 5.27. The van der Waals surface area contributed by atoms with E-state index in [1.807, 2.05) is 48.5 Å². The number of nitrogens with two attached hydrogens (primary N) is 1. The van der Waals surface area contributed by atoms with Crippen molar-refractivity contribution < 1.29 is 14.6 Å². The van der Waals surface area contributed by atoms with Crippen LogP contribution in [0.5, 0.6) is 17.2 Å². The molecule has 5 nitrogen and oxygen atoms in total. The summed E-state index contributed by atoms with van der Waals surface area (Å²) in [7, 11) is 0. The van der Waals surface area contributed by atoms with E-state index in [9.17, 15) is 10.4 Å². The number of aromatic hydroxyl groups is 1. The lowest BCUT2D eigenvalue weighted by Gasteiger charge is -2.27. The number of para-hydroxylation sites is 1. The second-order valence-corrected chi connectivity index (χ2v) is 7.52. The fraction of sp³-hybridized carbons (Fsp3) is 0.0870. The van der Waals surface area contributed by atoms with Gasteiger partial charge < -0.3 is 20.3 Å². The van der Waals surface area contributed by atoms with Gasteiger partial charge in [-0.1, -0.05) is 52.3 Å². The summed E-state index contributed by atoms with van der Waals surface area (Å²) in [6, 6.07) is 22.4. The fourth-order valence-electron chi connectivity index (χ4n) is 3.36. The summed E-state index contributed by atoms with van der Waals surface area (Å²) in [5.74, 6) is 0.718. The minimum absolute atomic E-state index is 0.0262. The van der Waals surface area contributed by atoms with Crippen LogP contribution in [0.4, 0.5) is 0 Å². The highest BCUT2D eigenvalue weighted by atomic mass is 79.9. The molecular weight excluding hydrogens is 432 g/mol. The van der Waals surface area contributed by atoms with E-state index < -0.39 is 5.92 Å². The number of halogens is 1. The average Bonchev–Trinajstić information content (AvgIpc) is 2.72. The Morgan fingerprint density at radius 1 is 1.07 bits per heavy atom. The molecule has 4 rings (SSSR count). The van der Waals surface area contributed by atoms with E-state index in [1.165, 1.54) is 6.07 Å². The SMILES string of the molecule is N#CC1=C(N)Oc2cc(O)ccc2[C@H]1c1ccccc1OCc1ccc(Br)cc1. The van der Waals surface area contributed by atoms with Crippen molar-refractivity contribution in [2.75, 3.05) is 0 Å². The molecule has 1 aliphatic heterocycles. The van der Waals surface area contributed by atoms with E-state index in [2.05, 4.69) is 22.0 Å². The molecule has 144 valence electrons. The van der Waals surface area contributed by atoms with Crippen LogP contribution in [0.2, 0.25) is 0 Å². The first-order valence-corrected chi connectivity index (χ1v) is 9.73. The molecule has 0 aromatic heterocycles. The van der Waals surface area contributed by atoms with Crippen molar-refractivity contribution in [2.24, 2.45) is 5.73 Å². The first-order chi connectivity index (χ1) is 14.1. The van der Waals surface area contributed by atoms with E-state index >= 15 is 0 Å². The molecule has 0 bridgehead atoms. The normalized spacial score (nSPS) is 15.2. The van der Waals surface area contributed by atoms with Crippen LogP contribution in [0, 0.1) is 11.3 Å². The molecule has 0 spiro atoms. The summed E-state index contributed by atoms with van der Waals surface area (Å²) < 4.78 is 12.7. The Labute approximate surface area is 176 Å². The lowest BCUT2D eigenvalue weighted by Crippen LogP contribution is -2.21. The zero-order valence-electron chi connectivity index (χ0n) is 15.3. The molecule has 1 atom stereocenters. The lowest BCUT2D eigenvalue weighted by molar-refractivity contribution is 0.301. The number of nitrogens with zero attached hydrogens (tertiary/aromatic N) is 1. The minimum Gasteiger partial charge on any atom is -0.508 e. The molecular formula is C23H17BrN2O3. The van der Waals surface area contributed by atoms with E-state index in [-0.39, 0.29) is 11.6 Å². The van der Waals surface area contributed by atoms with Crippen molar-refractivity contribution in [1.82, 2.24) is 0 Å². The highest BCUT2D eigenvalue weighted by molar-refractivity contribution is 9.10. The molecule has 0 saturated heterocycles. The number of fused-ring (bicyclic) bond motifs is 1. The molecule has 29 heavy (non-hydrogen) atoms. The summed E-state index contributed by atoms with van der Waals surface area (Å²) in [5, 5.41) is 19.5. The molecule has 0 radical (unpaired) electrons. The van der Waals surface area contributed by atoms with E-state index in [0.717, 1.165) is 21.2 Å². The Morgan fingerprint density at radius 2 is 1.83 bits per heavy atom. The number of hydrogen-bond donors (Lipinski definition) is 2. The largest absolute Gasteiger partial charge is 0.508 e. The van der Waals surface area contributed by atoms with Crippen molar-refractivity contribution >= 4 is 15.9 Å². The first-order valence-electron chi connectivity index (χ1n) is 8.93. The Hall–Kier alpha value is -3.43. The molecule has 0 fully saturated rings. The first kappa shape index (κ1) is 18.9. The number of hydrogen-bond acceptors (Lipinski definition) is 5. The zero-order chi connectivity index (χ0) is 20.4. The third-order valence-electron chi connectivity index (χ3n) is 4.74. The fourth-order valence-corrected chi connectivity index (χ4v) is 3.62. The molecule has 6 heteroatoms. The molecule has 1 heterocycles. The van der Waals surface area contributed by atoms with Crippen LogP contribution in [0.25, 0.3) is 0 Å². The van der Waals surface area contributed by atoms with Crippen LogP contribution in [0.15, 0.2) is 82.7 Å². The maximum atomic E-state index is 9.81. The average molecular weight is 449 g/mol. The molecule has 3 aromatic carbocycles. The minimum atomic E-state index is -0.453. The Morgan fingerprint density at radius 3 is 2.59 bits per heavy atom. The molecule has 0 amide bonds. The van der Waals surface area contributed by atoms with E-state index in [4.69, 9.17) is 15.2 Å². The summed E-state index contributed by atoms with van der Waals surface area (Å²) >= 11 is 3.43. The maximum Gasteiger partial charge on any atom is 0.205 e. The second-order valence-electron chi connectivity index (χ2n) is 6.60. The standard InChI is InChI=1S/C23H17BrN2O3/c24-15-7-5-14(6-8-15)13-28-20-4-2-1-3-17(20)22-18-10-9-16(27)11-21(18)29-23(26)19(22)12-25/h1-11,22,27H,13,26H2/t22-/m1/s1. The van der Waals surface area contributed by atoms with Crippen LogP contribution in [0.3, 0.4) is 0 Å². The maximum absolute atomic E-state index is 9.81. The van der Waals surface area contributed by atoms with Crippen molar-refractivity contribution in [3.05, 3.63) is 99.3 Å². The van der Waals surface area contributed by atoms with Crippen molar-refractivity contribution in [3.63, 3.8) is 0 Å². The molecule has 1 aliphatic rings. The number of nitriles is 1. The molecule has 0 aliphatic carbocycles. The molecule has 0 unspecified atom stereocenters. The summed E-state index contributed by atoms with van der Waals surface area (Å²) in [6.45, 7) is 0.386. The molecule has 3 N–H and O–H groups in total. The van der Waals surface area contributed by atoms with Gasteiger partial charge in [0.05, 0.1) is 5.92 Å². The van der Waals surface area contributed by atoms with Crippen LogP contribution >= 0.6 is 15.9 Å². The summed E-state index contributed by atoms with van der Waals surface area (Å²) in [6.07, 6.45) is 0. The van der Waals surface area contributed by atoms with Gasteiger partial charge in [-0.05, 0) is 29.8 Å². The van der Waals surface area contributed by atoms with Gasteiger partial charge in [0, 0.05) is 21.7 Å². The van der Waals surface area contributed by atoms with E-state index in [1.54, 1.807) is 12.1 Å². The highest BCUT2D eigenvalue weighted by Crippen LogP contribution is 2.45. The van der Waals surface area contributed by atoms with Gasteiger partial charge in [0.1, 0.15) is 35.5 Å². The third kappa shape index (κ3) is 3.78. The van der Waals surface area contributed by atoms with Crippen LogP contribution < -0.4 is 15.2 Å². The predicted octanol–water partition coefficient (Wildman–Crippen LogP) is 4.95. The quantitative estimate of drug-likeness (QED) is 0.589. The predicted molar refractivity (Wildman–Crippen MR) is 112 cm³/mol. The van der Waals surface area contributed by atoms with Gasteiger partial charge in [0.15, 0.2) is 0 Å².